The number of hydrogen-bond donors (Lipinski definition) is 3. The summed E-state index contributed by atoms with van der Waals surface area (Å²) < 4.78 is 7.95. The van der Waals surface area contributed by atoms with Crippen molar-refractivity contribution in [3.8, 4) is 0 Å². The zero-order chi connectivity index (χ0) is 19.7. The van der Waals surface area contributed by atoms with Gasteiger partial charge in [0.1, 0.15) is 0 Å². The number of carboxylic acid groups (broad SMARTS) is 2. The van der Waals surface area contributed by atoms with Crippen molar-refractivity contribution in [3.05, 3.63) is 0 Å². The molecule has 0 saturated heterocycles. The largest absolute Gasteiger partial charge is 0.481 e. The Bertz CT molecular complexity index is 392. The summed E-state index contributed by atoms with van der Waals surface area (Å²) in [6.07, 6.45) is 5.13. The van der Waals surface area contributed by atoms with Gasteiger partial charge in [-0.05, 0) is 53.4 Å². The van der Waals surface area contributed by atoms with E-state index in [0.29, 0.717) is 38.5 Å². The molecule has 0 aliphatic rings. The Morgan fingerprint density at radius 2 is 1.12 bits per heavy atom. The Balaban J connectivity index is 3.85. The molecular formula is C19H36O5. The number of carbonyl (C=O) groups is 2. The van der Waals surface area contributed by atoms with Gasteiger partial charge in [-0.15, -0.1) is 0 Å². The second kappa shape index (κ2) is 10.7. The summed E-state index contributed by atoms with van der Waals surface area (Å²) in [4.78, 5) is 22.0. The predicted octanol–water partition coefficient (Wildman–Crippen LogP) is 4.47. The third-order valence-corrected chi connectivity index (χ3v) is 4.69. The van der Waals surface area contributed by atoms with Crippen molar-refractivity contribution in [2.24, 2.45) is 10.8 Å². The number of unbranched alkanes of at least 4 members (excludes halogenated alkanes) is 4. The molecule has 0 bridgehead atoms. The molecule has 0 fully saturated rings. The molecular weight excluding hydrogens is 308 g/mol. The quantitative estimate of drug-likeness (QED) is 0.404. The van der Waals surface area contributed by atoms with Crippen LogP contribution in [0.4, 0.5) is 0 Å². The lowest BCUT2D eigenvalue weighted by Gasteiger charge is -2.19. The molecule has 24 heavy (non-hydrogen) atoms. The van der Waals surface area contributed by atoms with E-state index in [0.717, 1.165) is 25.7 Å². The van der Waals surface area contributed by atoms with Crippen molar-refractivity contribution in [1.29, 1.82) is 0 Å². The maximum Gasteiger partial charge on any atom is 0.309 e. The maximum atomic E-state index is 11.0. The normalized spacial score (nSPS) is 13.6. The summed E-state index contributed by atoms with van der Waals surface area (Å²) in [6, 6.07) is 0. The lowest BCUT2D eigenvalue weighted by Crippen LogP contribution is -2.23. The van der Waals surface area contributed by atoms with E-state index in [2.05, 4.69) is 0 Å². The minimum Gasteiger partial charge on any atom is -0.481 e. The van der Waals surface area contributed by atoms with E-state index in [-0.39, 0.29) is 0 Å². The van der Waals surface area contributed by atoms with E-state index >= 15 is 0 Å². The van der Waals surface area contributed by atoms with Gasteiger partial charge in [0.2, 0.25) is 0 Å². The third kappa shape index (κ3) is 9.91. The standard InChI is InChI=1S/C19H36O5/c1-18(2,16(21)22)13-9-5-7-11-15(20)12-8-6-10-14-19(3,4)17(23)24/h15,20H,5-14H2,1-4H3,(H,21,22)(H,23,24)/i15D. The van der Waals surface area contributed by atoms with Crippen molar-refractivity contribution in [2.75, 3.05) is 0 Å². The number of aliphatic carboxylic acids is 2. The maximum absolute atomic E-state index is 11.0. The van der Waals surface area contributed by atoms with Crippen LogP contribution >= 0.6 is 0 Å². The van der Waals surface area contributed by atoms with E-state index < -0.39 is 28.8 Å². The average Bonchev–Trinajstić information content (AvgIpc) is 2.45. The molecule has 0 spiro atoms. The number of aliphatic hydroxyl groups is 1. The van der Waals surface area contributed by atoms with Crippen LogP contribution in [0.15, 0.2) is 0 Å². The Kier molecular flexibility index (Phi) is 9.34. The first-order chi connectivity index (χ1) is 11.3. The molecule has 3 N–H and O–H groups in total. The molecule has 0 heterocycles. The van der Waals surface area contributed by atoms with Gasteiger partial charge in [0.15, 0.2) is 0 Å². The number of carboxylic acids is 2. The first kappa shape index (κ1) is 20.9. The van der Waals surface area contributed by atoms with Crippen LogP contribution in [-0.4, -0.2) is 33.3 Å². The smallest absolute Gasteiger partial charge is 0.309 e. The zero-order valence-electron chi connectivity index (χ0n) is 16.7. The van der Waals surface area contributed by atoms with Crippen molar-refractivity contribution in [1.82, 2.24) is 0 Å². The second-order valence-corrected chi connectivity index (χ2v) is 8.07. The van der Waals surface area contributed by atoms with Crippen LogP contribution in [0.3, 0.4) is 0 Å². The van der Waals surface area contributed by atoms with Gasteiger partial charge < -0.3 is 15.3 Å². The summed E-state index contributed by atoms with van der Waals surface area (Å²) >= 11 is 0. The van der Waals surface area contributed by atoms with Gasteiger partial charge in [-0.2, -0.15) is 0 Å². The van der Waals surface area contributed by atoms with Crippen molar-refractivity contribution in [2.45, 2.75) is 98.0 Å². The minimum absolute atomic E-state index is 0.390. The van der Waals surface area contributed by atoms with E-state index in [1.165, 1.54) is 0 Å². The van der Waals surface area contributed by atoms with Crippen LogP contribution in [-0.2, 0) is 9.59 Å². The third-order valence-electron chi connectivity index (χ3n) is 4.69. The van der Waals surface area contributed by atoms with Crippen LogP contribution in [0.5, 0.6) is 0 Å². The summed E-state index contributed by atoms with van der Waals surface area (Å²) in [6.45, 7) is 6.84. The molecule has 5 heteroatoms. The van der Waals surface area contributed by atoms with Crippen LogP contribution in [0, 0.1) is 10.8 Å². The molecule has 0 saturated carbocycles. The molecule has 142 valence electrons. The molecule has 0 amide bonds. The van der Waals surface area contributed by atoms with Gasteiger partial charge in [-0.25, -0.2) is 0 Å². The molecule has 0 rings (SSSR count). The topological polar surface area (TPSA) is 94.8 Å². The summed E-state index contributed by atoms with van der Waals surface area (Å²) in [5, 5.41) is 28.2. The average molecular weight is 345 g/mol. The van der Waals surface area contributed by atoms with Gasteiger partial charge in [-0.3, -0.25) is 9.59 Å². The lowest BCUT2D eigenvalue weighted by atomic mass is 9.86. The van der Waals surface area contributed by atoms with Gasteiger partial charge >= 0.3 is 11.9 Å². The van der Waals surface area contributed by atoms with Gasteiger partial charge in [0, 0.05) is 0 Å². The summed E-state index contributed by atoms with van der Waals surface area (Å²) in [7, 11) is 0. The Morgan fingerprint density at radius 1 is 0.792 bits per heavy atom. The Morgan fingerprint density at radius 3 is 1.42 bits per heavy atom. The fourth-order valence-corrected chi connectivity index (χ4v) is 2.48. The highest BCUT2D eigenvalue weighted by Crippen LogP contribution is 2.25. The highest BCUT2D eigenvalue weighted by atomic mass is 16.4. The van der Waals surface area contributed by atoms with Crippen molar-refractivity contribution < 1.29 is 26.3 Å². The first-order valence-corrected chi connectivity index (χ1v) is 8.99. The molecule has 0 aliphatic carbocycles. The summed E-state index contributed by atoms with van der Waals surface area (Å²) in [5.74, 6) is -1.59. The Labute approximate surface area is 147 Å². The van der Waals surface area contributed by atoms with Crippen LogP contribution in [0.25, 0.3) is 0 Å². The fraction of sp³-hybridized carbons (Fsp3) is 0.895. The molecule has 0 aliphatic heterocycles. The molecule has 0 radical (unpaired) electrons. The zero-order valence-corrected chi connectivity index (χ0v) is 15.7. The second-order valence-electron chi connectivity index (χ2n) is 8.07. The molecule has 0 aromatic carbocycles. The molecule has 0 atom stereocenters. The van der Waals surface area contributed by atoms with Crippen LogP contribution in [0.1, 0.15) is 93.3 Å². The molecule has 0 aromatic heterocycles. The van der Waals surface area contributed by atoms with Gasteiger partial charge in [-0.1, -0.05) is 38.5 Å². The predicted molar refractivity (Wildman–Crippen MR) is 95.0 cm³/mol. The number of rotatable bonds is 14. The van der Waals surface area contributed by atoms with E-state index in [1.807, 2.05) is 0 Å². The SMILES string of the molecule is [2H]C(O)(CCCCCC(C)(C)C(=O)O)CCCCCC(C)(C)C(=O)O. The van der Waals surface area contributed by atoms with E-state index in [9.17, 15) is 14.7 Å². The lowest BCUT2D eigenvalue weighted by molar-refractivity contribution is -0.148. The van der Waals surface area contributed by atoms with Gasteiger partial charge in [0.05, 0.1) is 18.3 Å². The monoisotopic (exact) mass is 345 g/mol. The van der Waals surface area contributed by atoms with Crippen molar-refractivity contribution in [3.63, 3.8) is 0 Å². The highest BCUT2D eigenvalue weighted by Gasteiger charge is 2.26. The van der Waals surface area contributed by atoms with Crippen LogP contribution < -0.4 is 0 Å². The van der Waals surface area contributed by atoms with E-state index in [4.69, 9.17) is 11.6 Å². The molecule has 5 nitrogen and oxygen atoms in total. The fourth-order valence-electron chi connectivity index (χ4n) is 2.48. The van der Waals surface area contributed by atoms with Gasteiger partial charge in [0.25, 0.3) is 0 Å². The number of hydrogen-bond acceptors (Lipinski definition) is 3. The Hall–Kier alpha value is -1.10. The minimum atomic E-state index is -1.44. The van der Waals surface area contributed by atoms with E-state index in [1.54, 1.807) is 27.7 Å². The molecule has 0 aromatic rings. The molecule has 0 unspecified atom stereocenters. The highest BCUT2D eigenvalue weighted by molar-refractivity contribution is 5.73. The summed E-state index contributed by atoms with van der Waals surface area (Å²) in [5.41, 5.74) is -1.44. The first-order valence-electron chi connectivity index (χ1n) is 9.49. The van der Waals surface area contributed by atoms with Crippen LogP contribution in [0.2, 0.25) is 0 Å². The van der Waals surface area contributed by atoms with Crippen molar-refractivity contribution >= 4 is 11.9 Å².